The van der Waals surface area contributed by atoms with Crippen molar-refractivity contribution in [3.8, 4) is 5.75 Å². The van der Waals surface area contributed by atoms with Crippen molar-refractivity contribution in [2.45, 2.75) is 11.8 Å². The van der Waals surface area contributed by atoms with Crippen LogP contribution in [0.1, 0.15) is 5.56 Å². The van der Waals surface area contributed by atoms with Crippen LogP contribution in [0.15, 0.2) is 23.1 Å². The zero-order valence-corrected chi connectivity index (χ0v) is 11.3. The molecule has 0 saturated heterocycles. The van der Waals surface area contributed by atoms with Gasteiger partial charge in [0.25, 0.3) is 0 Å². The fraction of sp³-hybridized carbons (Fsp3) is 0.364. The predicted molar refractivity (Wildman–Crippen MR) is 66.7 cm³/mol. The van der Waals surface area contributed by atoms with E-state index in [1.165, 1.54) is 20.2 Å². The first-order valence-corrected chi connectivity index (χ1v) is 6.62. The highest BCUT2D eigenvalue weighted by Gasteiger charge is 2.25. The summed E-state index contributed by atoms with van der Waals surface area (Å²) in [5, 5.41) is 0. The van der Waals surface area contributed by atoms with Crippen LogP contribution in [0.3, 0.4) is 0 Å². The van der Waals surface area contributed by atoms with E-state index in [-0.39, 0.29) is 17.2 Å². The monoisotopic (exact) mass is 272 g/mol. The average molecular weight is 272 g/mol. The maximum Gasteiger partial charge on any atom is 0.246 e. The van der Waals surface area contributed by atoms with Gasteiger partial charge in [-0.1, -0.05) is 6.07 Å². The summed E-state index contributed by atoms with van der Waals surface area (Å²) in [6.07, 6.45) is 0. The van der Waals surface area contributed by atoms with Gasteiger partial charge in [0.1, 0.15) is 10.6 Å². The molecule has 1 aromatic rings. The molecular formula is C11H16N2O4S. The van der Waals surface area contributed by atoms with Crippen molar-refractivity contribution in [3.05, 3.63) is 23.8 Å². The number of nitrogens with zero attached hydrogens (tertiary/aromatic N) is 1. The van der Waals surface area contributed by atoms with E-state index in [4.69, 9.17) is 10.5 Å². The van der Waals surface area contributed by atoms with Crippen LogP contribution in [0.2, 0.25) is 0 Å². The molecule has 0 aliphatic carbocycles. The second-order valence-electron chi connectivity index (χ2n) is 3.88. The molecule has 1 aromatic carbocycles. The van der Waals surface area contributed by atoms with E-state index in [0.29, 0.717) is 0 Å². The largest absolute Gasteiger partial charge is 0.495 e. The summed E-state index contributed by atoms with van der Waals surface area (Å²) in [4.78, 5) is 10.8. The van der Waals surface area contributed by atoms with Crippen molar-refractivity contribution in [1.29, 1.82) is 0 Å². The van der Waals surface area contributed by atoms with Crippen molar-refractivity contribution in [1.82, 2.24) is 4.31 Å². The van der Waals surface area contributed by atoms with E-state index in [0.717, 1.165) is 9.87 Å². The molecule has 0 bridgehead atoms. The summed E-state index contributed by atoms with van der Waals surface area (Å²) < 4.78 is 30.4. The third-order valence-corrected chi connectivity index (χ3v) is 4.21. The van der Waals surface area contributed by atoms with Crippen LogP contribution in [0, 0.1) is 6.92 Å². The van der Waals surface area contributed by atoms with Crippen LogP contribution in [-0.4, -0.2) is 39.3 Å². The number of ether oxygens (including phenoxy) is 1. The molecule has 0 heterocycles. The molecule has 18 heavy (non-hydrogen) atoms. The first-order valence-electron chi connectivity index (χ1n) is 5.18. The molecule has 1 rings (SSSR count). The lowest BCUT2D eigenvalue weighted by atomic mass is 10.2. The van der Waals surface area contributed by atoms with Crippen LogP contribution in [0.5, 0.6) is 5.75 Å². The molecule has 0 aliphatic rings. The van der Waals surface area contributed by atoms with Crippen LogP contribution in [0.4, 0.5) is 0 Å². The van der Waals surface area contributed by atoms with Gasteiger partial charge in [0.05, 0.1) is 13.7 Å². The number of carbonyl (C=O) groups excluding carboxylic acids is 1. The molecule has 2 N–H and O–H groups in total. The quantitative estimate of drug-likeness (QED) is 0.823. The number of carbonyl (C=O) groups is 1. The van der Waals surface area contributed by atoms with Gasteiger partial charge in [-0.15, -0.1) is 0 Å². The Kier molecular flexibility index (Phi) is 4.31. The zero-order chi connectivity index (χ0) is 13.9. The maximum atomic E-state index is 12.2. The normalized spacial score (nSPS) is 11.6. The number of hydrogen-bond donors (Lipinski definition) is 1. The molecule has 0 saturated carbocycles. The smallest absolute Gasteiger partial charge is 0.246 e. The fourth-order valence-electron chi connectivity index (χ4n) is 1.46. The molecule has 0 fully saturated rings. The summed E-state index contributed by atoms with van der Waals surface area (Å²) in [6.45, 7) is 1.39. The molecule has 0 unspecified atom stereocenters. The minimum absolute atomic E-state index is 0.0220. The molecule has 0 atom stereocenters. The molecule has 0 aliphatic heterocycles. The number of methoxy groups -OCH3 is 1. The number of likely N-dealkylation sites (N-methyl/N-ethyl adjacent to an activating group) is 1. The lowest BCUT2D eigenvalue weighted by Crippen LogP contribution is -2.35. The standard InChI is InChI=1S/C11H16N2O4S/c1-8-4-5-9(17-3)10(6-8)18(15,16)13(2)7-11(12)14/h4-6H,7H2,1-3H3,(H2,12,14). The third-order valence-electron chi connectivity index (χ3n) is 2.39. The Morgan fingerprint density at radius 1 is 1.44 bits per heavy atom. The van der Waals surface area contributed by atoms with Gasteiger partial charge in [-0.05, 0) is 24.6 Å². The number of rotatable bonds is 5. The lowest BCUT2D eigenvalue weighted by Gasteiger charge is -2.17. The molecular weight excluding hydrogens is 256 g/mol. The fourth-order valence-corrected chi connectivity index (χ4v) is 2.83. The Bertz CT molecular complexity index is 554. The Morgan fingerprint density at radius 3 is 2.56 bits per heavy atom. The van der Waals surface area contributed by atoms with E-state index < -0.39 is 15.9 Å². The van der Waals surface area contributed by atoms with E-state index in [1.54, 1.807) is 19.1 Å². The second-order valence-corrected chi connectivity index (χ2v) is 5.90. The highest BCUT2D eigenvalue weighted by molar-refractivity contribution is 7.89. The number of amides is 1. The maximum absolute atomic E-state index is 12.2. The van der Waals surface area contributed by atoms with Gasteiger partial charge in [0.2, 0.25) is 15.9 Å². The second kappa shape index (κ2) is 5.36. The number of benzene rings is 1. The van der Waals surface area contributed by atoms with Crippen molar-refractivity contribution >= 4 is 15.9 Å². The molecule has 0 radical (unpaired) electrons. The molecule has 7 heteroatoms. The Balaban J connectivity index is 3.27. The Morgan fingerprint density at radius 2 is 2.06 bits per heavy atom. The topological polar surface area (TPSA) is 89.7 Å². The zero-order valence-electron chi connectivity index (χ0n) is 10.5. The molecule has 0 aromatic heterocycles. The summed E-state index contributed by atoms with van der Waals surface area (Å²) in [7, 11) is -1.11. The van der Waals surface area contributed by atoms with Crippen molar-refractivity contribution in [2.75, 3.05) is 20.7 Å². The van der Waals surface area contributed by atoms with Crippen molar-refractivity contribution in [3.63, 3.8) is 0 Å². The van der Waals surface area contributed by atoms with Gasteiger partial charge in [-0.25, -0.2) is 8.42 Å². The van der Waals surface area contributed by atoms with Gasteiger partial charge in [-0.2, -0.15) is 4.31 Å². The molecule has 1 amide bonds. The molecule has 6 nitrogen and oxygen atoms in total. The number of hydrogen-bond acceptors (Lipinski definition) is 4. The van der Waals surface area contributed by atoms with Crippen molar-refractivity contribution < 1.29 is 17.9 Å². The SMILES string of the molecule is COc1ccc(C)cc1S(=O)(=O)N(C)CC(N)=O. The van der Waals surface area contributed by atoms with E-state index in [1.807, 2.05) is 0 Å². The van der Waals surface area contributed by atoms with Crippen LogP contribution in [0.25, 0.3) is 0 Å². The number of nitrogens with two attached hydrogens (primary N) is 1. The first kappa shape index (κ1) is 14.5. The van der Waals surface area contributed by atoms with Crippen LogP contribution >= 0.6 is 0 Å². The summed E-state index contributed by atoms with van der Waals surface area (Å²) in [5.41, 5.74) is 5.77. The Labute approximate surface area is 106 Å². The van der Waals surface area contributed by atoms with E-state index >= 15 is 0 Å². The highest BCUT2D eigenvalue weighted by Crippen LogP contribution is 2.26. The highest BCUT2D eigenvalue weighted by atomic mass is 32.2. The minimum atomic E-state index is -3.79. The van der Waals surface area contributed by atoms with Gasteiger partial charge in [0, 0.05) is 7.05 Å². The van der Waals surface area contributed by atoms with Gasteiger partial charge >= 0.3 is 0 Å². The summed E-state index contributed by atoms with van der Waals surface area (Å²) >= 11 is 0. The number of sulfonamides is 1. The number of primary amides is 1. The van der Waals surface area contributed by atoms with Crippen LogP contribution in [-0.2, 0) is 14.8 Å². The van der Waals surface area contributed by atoms with Gasteiger partial charge in [0.15, 0.2) is 0 Å². The van der Waals surface area contributed by atoms with E-state index in [9.17, 15) is 13.2 Å². The summed E-state index contributed by atoms with van der Waals surface area (Å²) in [6, 6.07) is 4.80. The molecule has 0 spiro atoms. The summed E-state index contributed by atoms with van der Waals surface area (Å²) in [5.74, 6) is -0.482. The minimum Gasteiger partial charge on any atom is -0.495 e. The number of aryl methyl sites for hydroxylation is 1. The third kappa shape index (κ3) is 2.99. The van der Waals surface area contributed by atoms with Crippen LogP contribution < -0.4 is 10.5 Å². The lowest BCUT2D eigenvalue weighted by molar-refractivity contribution is -0.118. The average Bonchev–Trinajstić information content (AvgIpc) is 2.28. The van der Waals surface area contributed by atoms with Crippen molar-refractivity contribution in [2.24, 2.45) is 5.73 Å². The van der Waals surface area contributed by atoms with Gasteiger partial charge < -0.3 is 10.5 Å². The Hall–Kier alpha value is -1.60. The molecule has 100 valence electrons. The first-order chi connectivity index (χ1) is 8.28. The van der Waals surface area contributed by atoms with E-state index in [2.05, 4.69) is 0 Å². The predicted octanol–water partition coefficient (Wildman–Crippen LogP) is 0.109. The van der Waals surface area contributed by atoms with Gasteiger partial charge in [-0.3, -0.25) is 4.79 Å².